The largest absolute Gasteiger partial charge is 0.381 e. The Balaban J connectivity index is 1.82. The second-order valence-corrected chi connectivity index (χ2v) is 5.23. The van der Waals surface area contributed by atoms with Crippen molar-refractivity contribution in [2.75, 3.05) is 26.8 Å². The minimum atomic E-state index is -0.226. The van der Waals surface area contributed by atoms with Crippen LogP contribution in [-0.4, -0.2) is 37.6 Å². The van der Waals surface area contributed by atoms with Gasteiger partial charge in [0.05, 0.1) is 6.61 Å². The van der Waals surface area contributed by atoms with E-state index in [2.05, 4.69) is 0 Å². The van der Waals surface area contributed by atoms with E-state index in [1.165, 1.54) is 0 Å². The van der Waals surface area contributed by atoms with Gasteiger partial charge < -0.3 is 15.4 Å². The van der Waals surface area contributed by atoms with Crippen molar-refractivity contribution >= 4 is 5.91 Å². The van der Waals surface area contributed by atoms with Gasteiger partial charge in [-0.05, 0) is 12.0 Å². The number of carbonyl (C=O) groups excluding carboxylic acids is 1. The van der Waals surface area contributed by atoms with Gasteiger partial charge in [-0.15, -0.1) is 0 Å². The van der Waals surface area contributed by atoms with Crippen LogP contribution in [0.5, 0.6) is 0 Å². The summed E-state index contributed by atoms with van der Waals surface area (Å²) in [6, 6.07) is 9.53. The van der Waals surface area contributed by atoms with E-state index in [1.54, 1.807) is 4.90 Å². The van der Waals surface area contributed by atoms with E-state index in [0.29, 0.717) is 12.3 Å². The quantitative estimate of drug-likeness (QED) is 0.876. The van der Waals surface area contributed by atoms with Crippen LogP contribution in [0.25, 0.3) is 0 Å². The Kier molecular flexibility index (Phi) is 4.93. The Bertz CT molecular complexity index is 402. The van der Waals surface area contributed by atoms with Crippen LogP contribution in [-0.2, 0) is 9.53 Å². The molecular weight excluding hydrogens is 240 g/mol. The first kappa shape index (κ1) is 14.0. The molecule has 0 saturated carbocycles. The van der Waals surface area contributed by atoms with Crippen molar-refractivity contribution in [3.05, 3.63) is 35.9 Å². The molecule has 0 bridgehead atoms. The third kappa shape index (κ3) is 4.04. The SMILES string of the molecule is CN(CC1CCOC1)C(=O)CC(N)c1ccccc1. The molecule has 1 aromatic carbocycles. The van der Waals surface area contributed by atoms with Crippen LogP contribution in [0.3, 0.4) is 0 Å². The molecule has 4 heteroatoms. The molecule has 1 amide bonds. The van der Waals surface area contributed by atoms with E-state index in [0.717, 1.165) is 31.7 Å². The van der Waals surface area contributed by atoms with Gasteiger partial charge in [-0.1, -0.05) is 30.3 Å². The maximum Gasteiger partial charge on any atom is 0.224 e. The number of rotatable bonds is 5. The van der Waals surface area contributed by atoms with Gasteiger partial charge >= 0.3 is 0 Å². The topological polar surface area (TPSA) is 55.6 Å². The highest BCUT2D eigenvalue weighted by molar-refractivity contribution is 5.76. The summed E-state index contributed by atoms with van der Waals surface area (Å²) in [6.07, 6.45) is 1.40. The first-order valence-electron chi connectivity index (χ1n) is 6.79. The first-order valence-corrected chi connectivity index (χ1v) is 6.79. The normalized spacial score (nSPS) is 20.2. The van der Waals surface area contributed by atoms with Crippen molar-refractivity contribution in [1.82, 2.24) is 4.90 Å². The van der Waals surface area contributed by atoms with Gasteiger partial charge in [0.2, 0.25) is 5.91 Å². The fraction of sp³-hybridized carbons (Fsp3) is 0.533. The molecule has 104 valence electrons. The van der Waals surface area contributed by atoms with Crippen LogP contribution in [0.4, 0.5) is 0 Å². The lowest BCUT2D eigenvalue weighted by Crippen LogP contribution is -2.34. The second-order valence-electron chi connectivity index (χ2n) is 5.23. The molecule has 0 spiro atoms. The van der Waals surface area contributed by atoms with Crippen molar-refractivity contribution in [3.8, 4) is 0 Å². The van der Waals surface area contributed by atoms with E-state index in [4.69, 9.17) is 10.5 Å². The van der Waals surface area contributed by atoms with E-state index >= 15 is 0 Å². The second kappa shape index (κ2) is 6.68. The lowest BCUT2D eigenvalue weighted by atomic mass is 10.0. The number of hydrogen-bond donors (Lipinski definition) is 1. The van der Waals surface area contributed by atoms with Crippen LogP contribution in [0.2, 0.25) is 0 Å². The zero-order chi connectivity index (χ0) is 13.7. The zero-order valence-corrected chi connectivity index (χ0v) is 11.4. The van der Waals surface area contributed by atoms with Crippen molar-refractivity contribution in [1.29, 1.82) is 0 Å². The lowest BCUT2D eigenvalue weighted by molar-refractivity contribution is -0.130. The number of benzene rings is 1. The summed E-state index contributed by atoms with van der Waals surface area (Å²) in [5.41, 5.74) is 7.08. The van der Waals surface area contributed by atoms with E-state index in [1.807, 2.05) is 37.4 Å². The molecule has 1 aliphatic heterocycles. The highest BCUT2D eigenvalue weighted by atomic mass is 16.5. The minimum absolute atomic E-state index is 0.100. The van der Waals surface area contributed by atoms with Crippen LogP contribution < -0.4 is 5.73 Å². The van der Waals surface area contributed by atoms with Crippen LogP contribution in [0.15, 0.2) is 30.3 Å². The molecule has 0 radical (unpaired) electrons. The maximum absolute atomic E-state index is 12.1. The highest BCUT2D eigenvalue weighted by Crippen LogP contribution is 2.17. The fourth-order valence-electron chi connectivity index (χ4n) is 2.38. The molecule has 0 aromatic heterocycles. The Hall–Kier alpha value is -1.39. The van der Waals surface area contributed by atoms with Crippen molar-refractivity contribution in [3.63, 3.8) is 0 Å². The van der Waals surface area contributed by atoms with Gasteiger partial charge in [-0.2, -0.15) is 0 Å². The zero-order valence-electron chi connectivity index (χ0n) is 11.4. The standard InChI is InChI=1S/C15H22N2O2/c1-17(10-12-7-8-19-11-12)15(18)9-14(16)13-5-3-2-4-6-13/h2-6,12,14H,7-11,16H2,1H3. The molecule has 1 heterocycles. The average molecular weight is 262 g/mol. The van der Waals surface area contributed by atoms with Gasteiger partial charge in [0, 0.05) is 38.6 Å². The summed E-state index contributed by atoms with van der Waals surface area (Å²) in [6.45, 7) is 2.35. The minimum Gasteiger partial charge on any atom is -0.381 e. The van der Waals surface area contributed by atoms with Crippen molar-refractivity contribution in [2.45, 2.75) is 18.9 Å². The number of ether oxygens (including phenoxy) is 1. The lowest BCUT2D eigenvalue weighted by Gasteiger charge is -2.22. The summed E-state index contributed by atoms with van der Waals surface area (Å²) < 4.78 is 5.33. The van der Waals surface area contributed by atoms with Gasteiger partial charge in [0.25, 0.3) is 0 Å². The van der Waals surface area contributed by atoms with E-state index < -0.39 is 0 Å². The summed E-state index contributed by atoms with van der Waals surface area (Å²) in [4.78, 5) is 13.9. The van der Waals surface area contributed by atoms with E-state index in [-0.39, 0.29) is 11.9 Å². The summed E-state index contributed by atoms with van der Waals surface area (Å²) in [7, 11) is 1.85. The van der Waals surface area contributed by atoms with Gasteiger partial charge in [0.15, 0.2) is 0 Å². The molecule has 1 aliphatic rings. The average Bonchev–Trinajstić information content (AvgIpc) is 2.92. The Labute approximate surface area is 114 Å². The van der Waals surface area contributed by atoms with Gasteiger partial charge in [-0.3, -0.25) is 4.79 Å². The molecule has 2 atom stereocenters. The van der Waals surface area contributed by atoms with Gasteiger partial charge in [0.1, 0.15) is 0 Å². The summed E-state index contributed by atoms with van der Waals surface area (Å²) in [5, 5.41) is 0. The molecular formula is C15H22N2O2. The molecule has 2 N–H and O–H groups in total. The number of hydrogen-bond acceptors (Lipinski definition) is 3. The van der Waals surface area contributed by atoms with Crippen LogP contribution >= 0.6 is 0 Å². The molecule has 2 rings (SSSR count). The molecule has 19 heavy (non-hydrogen) atoms. The highest BCUT2D eigenvalue weighted by Gasteiger charge is 2.21. The number of amides is 1. The summed E-state index contributed by atoms with van der Waals surface area (Å²) >= 11 is 0. The number of nitrogens with zero attached hydrogens (tertiary/aromatic N) is 1. The first-order chi connectivity index (χ1) is 9.16. The Morgan fingerprint density at radius 3 is 2.84 bits per heavy atom. The van der Waals surface area contributed by atoms with Crippen molar-refractivity contribution in [2.24, 2.45) is 11.7 Å². The van der Waals surface area contributed by atoms with E-state index in [9.17, 15) is 4.79 Å². The van der Waals surface area contributed by atoms with Crippen LogP contribution in [0.1, 0.15) is 24.4 Å². The molecule has 1 aromatic rings. The number of carbonyl (C=O) groups is 1. The molecule has 1 fully saturated rings. The molecule has 4 nitrogen and oxygen atoms in total. The molecule has 2 unspecified atom stereocenters. The van der Waals surface area contributed by atoms with Crippen LogP contribution in [0, 0.1) is 5.92 Å². The Morgan fingerprint density at radius 1 is 1.47 bits per heavy atom. The smallest absolute Gasteiger partial charge is 0.224 e. The Morgan fingerprint density at radius 2 is 2.21 bits per heavy atom. The van der Waals surface area contributed by atoms with Gasteiger partial charge in [-0.25, -0.2) is 0 Å². The fourth-order valence-corrected chi connectivity index (χ4v) is 2.38. The van der Waals surface area contributed by atoms with Crippen molar-refractivity contribution < 1.29 is 9.53 Å². The monoisotopic (exact) mass is 262 g/mol. The summed E-state index contributed by atoms with van der Waals surface area (Å²) in [5.74, 6) is 0.574. The molecule has 0 aliphatic carbocycles. The molecule has 1 saturated heterocycles. The predicted molar refractivity (Wildman–Crippen MR) is 74.6 cm³/mol. The third-order valence-corrected chi connectivity index (χ3v) is 3.60. The maximum atomic E-state index is 12.1. The third-order valence-electron chi connectivity index (χ3n) is 3.60. The number of nitrogens with two attached hydrogens (primary N) is 1. The predicted octanol–water partition coefficient (Wildman–Crippen LogP) is 1.57.